The minimum absolute atomic E-state index is 0.0786. The zero-order valence-corrected chi connectivity index (χ0v) is 21.0. The fourth-order valence-electron chi connectivity index (χ4n) is 3.60. The van der Waals surface area contributed by atoms with Crippen molar-refractivity contribution in [2.75, 3.05) is 26.2 Å². The Bertz CT molecular complexity index is 1320. The summed E-state index contributed by atoms with van der Waals surface area (Å²) >= 11 is 18.3. The number of hydrogen-bond acceptors (Lipinski definition) is 6. The van der Waals surface area contributed by atoms with Gasteiger partial charge in [-0.2, -0.15) is 4.31 Å². The molecule has 1 aliphatic rings. The third kappa shape index (κ3) is 5.59. The molecule has 180 valence electrons. The molecule has 0 N–H and O–H groups in total. The number of halogens is 3. The van der Waals surface area contributed by atoms with Gasteiger partial charge in [0.25, 0.3) is 0 Å². The number of benzene rings is 2. The maximum absolute atomic E-state index is 13.0. The highest BCUT2D eigenvalue weighted by Gasteiger charge is 2.32. The molecule has 0 unspecified atom stereocenters. The average Bonchev–Trinajstić information content (AvgIpc) is 2.80. The first-order valence-corrected chi connectivity index (χ1v) is 13.0. The molecular weight excluding hydrogens is 523 g/mol. The van der Waals surface area contributed by atoms with Crippen LogP contribution in [-0.4, -0.2) is 43.8 Å². The average molecular weight is 544 g/mol. The molecule has 1 saturated heterocycles. The van der Waals surface area contributed by atoms with Crippen molar-refractivity contribution in [1.82, 2.24) is 9.21 Å². The highest BCUT2D eigenvalue weighted by Crippen LogP contribution is 2.32. The van der Waals surface area contributed by atoms with Gasteiger partial charge in [-0.25, -0.2) is 8.42 Å². The van der Waals surface area contributed by atoms with E-state index in [1.165, 1.54) is 28.8 Å². The predicted octanol–water partition coefficient (Wildman–Crippen LogP) is 4.69. The number of hydrogen-bond donors (Lipinski definition) is 0. The van der Waals surface area contributed by atoms with Crippen LogP contribution in [0, 0.1) is 0 Å². The first kappa shape index (κ1) is 25.0. The van der Waals surface area contributed by atoms with Crippen LogP contribution >= 0.6 is 34.8 Å². The van der Waals surface area contributed by atoms with Crippen LogP contribution in [0.3, 0.4) is 0 Å². The lowest BCUT2D eigenvalue weighted by molar-refractivity contribution is 0.169. The van der Waals surface area contributed by atoms with Crippen LogP contribution in [0.2, 0.25) is 15.1 Å². The summed E-state index contributed by atoms with van der Waals surface area (Å²) in [5, 5.41) is 0.739. The first-order chi connectivity index (χ1) is 16.3. The fourth-order valence-corrected chi connectivity index (χ4v) is 6.31. The largest absolute Gasteiger partial charge is 0.482 e. The van der Waals surface area contributed by atoms with E-state index in [1.54, 1.807) is 12.1 Å². The van der Waals surface area contributed by atoms with Crippen LogP contribution in [0.25, 0.3) is 0 Å². The summed E-state index contributed by atoms with van der Waals surface area (Å²) in [6.07, 6.45) is 1.29. The summed E-state index contributed by atoms with van der Waals surface area (Å²) in [6.45, 7) is 1.93. The van der Waals surface area contributed by atoms with Gasteiger partial charge in [-0.1, -0.05) is 59.1 Å². The zero-order chi connectivity index (χ0) is 24.3. The molecule has 1 fully saturated rings. The lowest BCUT2D eigenvalue weighted by atomic mass is 10.2. The van der Waals surface area contributed by atoms with Crippen molar-refractivity contribution in [2.45, 2.75) is 18.0 Å². The molecule has 0 spiro atoms. The monoisotopic (exact) mass is 542 g/mol. The molecule has 2 heterocycles. The van der Waals surface area contributed by atoms with E-state index in [0.717, 1.165) is 5.56 Å². The third-order valence-corrected chi connectivity index (χ3v) is 8.64. The number of piperazine rings is 1. The molecule has 1 aromatic heterocycles. The smallest absolute Gasteiger partial charge is 0.246 e. The van der Waals surface area contributed by atoms with E-state index >= 15 is 0 Å². The Hall–Kier alpha value is -2.07. The number of nitrogens with zero attached hydrogens (tertiary/aromatic N) is 2. The van der Waals surface area contributed by atoms with Gasteiger partial charge in [-0.3, -0.25) is 9.69 Å². The Kier molecular flexibility index (Phi) is 7.87. The third-order valence-electron chi connectivity index (χ3n) is 5.42. The van der Waals surface area contributed by atoms with E-state index in [-0.39, 0.29) is 45.8 Å². The number of ether oxygens (including phenoxy) is 1. The van der Waals surface area contributed by atoms with Gasteiger partial charge in [0.1, 0.15) is 23.5 Å². The van der Waals surface area contributed by atoms with Crippen LogP contribution in [-0.2, 0) is 23.2 Å². The molecule has 0 radical (unpaired) electrons. The minimum Gasteiger partial charge on any atom is -0.482 e. The Morgan fingerprint density at radius 1 is 0.912 bits per heavy atom. The summed E-state index contributed by atoms with van der Waals surface area (Å²) < 4.78 is 38.5. The Morgan fingerprint density at radius 3 is 2.21 bits per heavy atom. The molecule has 3 aromatic rings. The van der Waals surface area contributed by atoms with Gasteiger partial charge in [0.15, 0.2) is 0 Å². The normalized spacial score (nSPS) is 15.4. The highest BCUT2D eigenvalue weighted by molar-refractivity contribution is 7.89. The molecular formula is C23H21Cl3N2O5S. The van der Waals surface area contributed by atoms with E-state index in [2.05, 4.69) is 0 Å². The molecule has 7 nitrogen and oxygen atoms in total. The number of sulfonamides is 1. The fraction of sp³-hybridized carbons (Fsp3) is 0.261. The summed E-state index contributed by atoms with van der Waals surface area (Å²) in [5.41, 5.74) is 0.460. The lowest BCUT2D eigenvalue weighted by Gasteiger charge is -2.33. The van der Waals surface area contributed by atoms with Gasteiger partial charge in [0.2, 0.25) is 21.2 Å². The molecule has 1 aliphatic heterocycles. The molecule has 0 bridgehead atoms. The number of rotatable bonds is 7. The second kappa shape index (κ2) is 10.7. The quantitative estimate of drug-likeness (QED) is 0.430. The highest BCUT2D eigenvalue weighted by atomic mass is 35.5. The van der Waals surface area contributed by atoms with Gasteiger partial charge < -0.3 is 9.15 Å². The van der Waals surface area contributed by atoms with Crippen LogP contribution in [0.5, 0.6) is 5.75 Å². The van der Waals surface area contributed by atoms with E-state index in [9.17, 15) is 13.2 Å². The van der Waals surface area contributed by atoms with E-state index in [0.29, 0.717) is 30.4 Å². The van der Waals surface area contributed by atoms with Crippen LogP contribution < -0.4 is 10.2 Å². The molecule has 11 heteroatoms. The first-order valence-electron chi connectivity index (χ1n) is 10.4. The zero-order valence-electron chi connectivity index (χ0n) is 17.9. The summed E-state index contributed by atoms with van der Waals surface area (Å²) in [6, 6.07) is 13.2. The van der Waals surface area contributed by atoms with Crippen molar-refractivity contribution in [3.05, 3.63) is 91.4 Å². The SMILES string of the molecule is O=c1cc(CN2CCN(S(=O)(=O)c3c(Cl)cccc3Cl)CC2)occ1OCc1ccccc1Cl. The van der Waals surface area contributed by atoms with Gasteiger partial charge >= 0.3 is 0 Å². The van der Waals surface area contributed by atoms with Crippen LogP contribution in [0.4, 0.5) is 0 Å². The topological polar surface area (TPSA) is 80.1 Å². The van der Waals surface area contributed by atoms with E-state index in [4.69, 9.17) is 44.0 Å². The van der Waals surface area contributed by atoms with Crippen molar-refractivity contribution < 1.29 is 17.6 Å². The van der Waals surface area contributed by atoms with Crippen molar-refractivity contribution in [2.24, 2.45) is 0 Å². The van der Waals surface area contributed by atoms with E-state index in [1.807, 2.05) is 23.1 Å². The standard InChI is InChI=1S/C23H21Cl3N2O5S/c24-18-5-2-1-4-16(18)14-33-22-15-32-17(12-21(22)29)13-27-8-10-28(11-9-27)34(30,31)23-19(25)6-3-7-20(23)26/h1-7,12,15H,8-11,13-14H2. The predicted molar refractivity (Wildman–Crippen MR) is 131 cm³/mol. The minimum atomic E-state index is -3.82. The van der Waals surface area contributed by atoms with Crippen molar-refractivity contribution in [3.63, 3.8) is 0 Å². The molecule has 34 heavy (non-hydrogen) atoms. The van der Waals surface area contributed by atoms with Gasteiger partial charge in [-0.15, -0.1) is 0 Å². The second-order valence-corrected chi connectivity index (χ2v) is 10.8. The van der Waals surface area contributed by atoms with Gasteiger partial charge in [0, 0.05) is 42.8 Å². The molecule has 0 aliphatic carbocycles. The Morgan fingerprint density at radius 2 is 1.56 bits per heavy atom. The Balaban J connectivity index is 1.36. The van der Waals surface area contributed by atoms with Crippen molar-refractivity contribution in [3.8, 4) is 5.75 Å². The summed E-state index contributed by atoms with van der Waals surface area (Å²) in [7, 11) is -3.82. The summed E-state index contributed by atoms with van der Waals surface area (Å²) in [5.74, 6) is 0.553. The molecule has 2 aromatic carbocycles. The maximum atomic E-state index is 13.0. The van der Waals surface area contributed by atoms with Crippen LogP contribution in [0.15, 0.2) is 68.9 Å². The molecule has 0 saturated carbocycles. The second-order valence-electron chi connectivity index (χ2n) is 7.69. The van der Waals surface area contributed by atoms with Crippen molar-refractivity contribution >= 4 is 44.8 Å². The van der Waals surface area contributed by atoms with Gasteiger partial charge in [-0.05, 0) is 18.2 Å². The van der Waals surface area contributed by atoms with E-state index < -0.39 is 10.0 Å². The van der Waals surface area contributed by atoms with Gasteiger partial charge in [0.05, 0.1) is 16.6 Å². The molecule has 4 rings (SSSR count). The van der Waals surface area contributed by atoms with Crippen LogP contribution in [0.1, 0.15) is 11.3 Å². The summed E-state index contributed by atoms with van der Waals surface area (Å²) in [4.78, 5) is 14.4. The lowest BCUT2D eigenvalue weighted by Crippen LogP contribution is -2.48. The molecule has 0 atom stereocenters. The maximum Gasteiger partial charge on any atom is 0.246 e. The Labute approximate surface area is 212 Å². The molecule has 0 amide bonds. The van der Waals surface area contributed by atoms with Crippen molar-refractivity contribution in [1.29, 1.82) is 0 Å².